The molecule has 2 aliphatic rings. The molecule has 0 aliphatic carbocycles. The molecule has 1 fully saturated rings. The predicted octanol–water partition coefficient (Wildman–Crippen LogP) is 3.50. The Morgan fingerprint density at radius 1 is 1.16 bits per heavy atom. The molecule has 1 saturated heterocycles. The topological polar surface area (TPSA) is 62.3 Å². The first kappa shape index (κ1) is 14.9. The molecule has 2 aromatic carbocycles. The molecule has 2 unspecified atom stereocenters. The Hall–Kier alpha value is -2.38. The fourth-order valence-electron chi connectivity index (χ4n) is 3.36. The largest absolute Gasteiger partial charge is 0.310 e. The minimum atomic E-state index is -0.470. The van der Waals surface area contributed by atoms with Gasteiger partial charge >= 0.3 is 0 Å². The summed E-state index contributed by atoms with van der Waals surface area (Å²) in [4.78, 5) is 31.6. The van der Waals surface area contributed by atoms with Gasteiger partial charge in [-0.05, 0) is 23.8 Å². The van der Waals surface area contributed by atoms with Crippen molar-refractivity contribution in [3.63, 3.8) is 0 Å². The first-order valence-corrected chi connectivity index (χ1v) is 9.78. The number of hydrogen-bond acceptors (Lipinski definition) is 5. The maximum atomic E-state index is 12.8. The van der Waals surface area contributed by atoms with Gasteiger partial charge in [0.05, 0.1) is 10.2 Å². The number of nitrogens with one attached hydrogen (secondary N) is 1. The van der Waals surface area contributed by atoms with Crippen LogP contribution in [0.2, 0.25) is 0 Å². The van der Waals surface area contributed by atoms with E-state index in [1.165, 1.54) is 11.3 Å². The van der Waals surface area contributed by atoms with Gasteiger partial charge in [-0.15, -0.1) is 11.8 Å². The molecule has 2 atom stereocenters. The van der Waals surface area contributed by atoms with Crippen molar-refractivity contribution >= 4 is 50.3 Å². The Morgan fingerprint density at radius 2 is 1.96 bits per heavy atom. The van der Waals surface area contributed by atoms with Gasteiger partial charge in [0.25, 0.3) is 5.91 Å². The van der Waals surface area contributed by atoms with E-state index in [0.29, 0.717) is 16.4 Å². The summed E-state index contributed by atoms with van der Waals surface area (Å²) in [5.41, 5.74) is 2.58. The molecule has 124 valence electrons. The number of hydrogen-bond donors (Lipinski definition) is 1. The van der Waals surface area contributed by atoms with Gasteiger partial charge in [0, 0.05) is 11.3 Å². The van der Waals surface area contributed by atoms with Crippen LogP contribution >= 0.6 is 23.1 Å². The SMILES string of the molecule is O=C(Nc1nc2ccccc2s1)C1CSC2c3ccccc3C(=O)N12. The quantitative estimate of drug-likeness (QED) is 0.753. The number of anilines is 1. The van der Waals surface area contributed by atoms with Crippen LogP contribution in [-0.2, 0) is 4.79 Å². The van der Waals surface area contributed by atoms with Gasteiger partial charge in [0.1, 0.15) is 11.4 Å². The lowest BCUT2D eigenvalue weighted by molar-refractivity contribution is -0.119. The van der Waals surface area contributed by atoms with E-state index in [1.54, 1.807) is 16.7 Å². The van der Waals surface area contributed by atoms with Crippen LogP contribution in [-0.4, -0.2) is 33.5 Å². The van der Waals surface area contributed by atoms with Gasteiger partial charge in [-0.3, -0.25) is 9.59 Å². The third kappa shape index (κ3) is 2.26. The van der Waals surface area contributed by atoms with Crippen molar-refractivity contribution in [1.82, 2.24) is 9.88 Å². The summed E-state index contributed by atoms with van der Waals surface area (Å²) >= 11 is 3.08. The van der Waals surface area contributed by atoms with Crippen LogP contribution in [0.5, 0.6) is 0 Å². The smallest absolute Gasteiger partial charge is 0.256 e. The van der Waals surface area contributed by atoms with Gasteiger partial charge in [0.15, 0.2) is 5.13 Å². The van der Waals surface area contributed by atoms with E-state index in [0.717, 1.165) is 15.8 Å². The molecule has 0 radical (unpaired) electrons. The Kier molecular flexibility index (Phi) is 3.33. The van der Waals surface area contributed by atoms with Crippen molar-refractivity contribution in [2.24, 2.45) is 0 Å². The summed E-state index contributed by atoms with van der Waals surface area (Å²) < 4.78 is 1.03. The molecule has 2 aliphatic heterocycles. The molecule has 0 saturated carbocycles. The Balaban J connectivity index is 1.41. The summed E-state index contributed by atoms with van der Waals surface area (Å²) in [6, 6.07) is 14.9. The number of thiazole rings is 1. The molecule has 1 aromatic heterocycles. The van der Waals surface area contributed by atoms with Gasteiger partial charge in [0.2, 0.25) is 5.91 Å². The monoisotopic (exact) mass is 367 g/mol. The number of fused-ring (bicyclic) bond motifs is 4. The molecule has 3 aromatic rings. The van der Waals surface area contributed by atoms with Crippen LogP contribution in [0.3, 0.4) is 0 Å². The van der Waals surface area contributed by atoms with Crippen LogP contribution < -0.4 is 5.32 Å². The Labute approximate surface area is 152 Å². The van der Waals surface area contributed by atoms with E-state index in [1.807, 2.05) is 48.5 Å². The number of thioether (sulfide) groups is 1. The van der Waals surface area contributed by atoms with Crippen molar-refractivity contribution < 1.29 is 9.59 Å². The van der Waals surface area contributed by atoms with E-state index >= 15 is 0 Å². The van der Waals surface area contributed by atoms with Crippen molar-refractivity contribution in [2.45, 2.75) is 11.4 Å². The lowest BCUT2D eigenvalue weighted by atomic mass is 10.1. The lowest BCUT2D eigenvalue weighted by Gasteiger charge is -2.22. The average Bonchev–Trinajstić information content (AvgIpc) is 3.30. The Morgan fingerprint density at radius 3 is 2.84 bits per heavy atom. The van der Waals surface area contributed by atoms with Gasteiger partial charge < -0.3 is 10.2 Å². The molecule has 2 amide bonds. The fraction of sp³-hybridized carbons (Fsp3) is 0.167. The predicted molar refractivity (Wildman–Crippen MR) is 99.8 cm³/mol. The van der Waals surface area contributed by atoms with Gasteiger partial charge in [-0.1, -0.05) is 41.7 Å². The number of amides is 2. The zero-order valence-corrected chi connectivity index (χ0v) is 14.6. The molecular weight excluding hydrogens is 354 g/mol. The highest BCUT2D eigenvalue weighted by atomic mass is 32.2. The van der Waals surface area contributed by atoms with Crippen LogP contribution in [0.15, 0.2) is 48.5 Å². The minimum Gasteiger partial charge on any atom is -0.310 e. The maximum absolute atomic E-state index is 12.8. The second kappa shape index (κ2) is 5.57. The molecule has 5 rings (SSSR count). The first-order chi connectivity index (χ1) is 12.2. The molecule has 25 heavy (non-hydrogen) atoms. The molecule has 1 N–H and O–H groups in total. The summed E-state index contributed by atoms with van der Waals surface area (Å²) in [6.07, 6.45) is 0. The zero-order valence-electron chi connectivity index (χ0n) is 13.0. The number of rotatable bonds is 2. The second-order valence-electron chi connectivity index (χ2n) is 5.98. The molecule has 3 heterocycles. The van der Waals surface area contributed by atoms with Gasteiger partial charge in [-0.25, -0.2) is 4.98 Å². The minimum absolute atomic E-state index is 0.0601. The van der Waals surface area contributed by atoms with Crippen LogP contribution in [0.4, 0.5) is 5.13 Å². The van der Waals surface area contributed by atoms with Crippen molar-refractivity contribution in [3.05, 3.63) is 59.7 Å². The van der Waals surface area contributed by atoms with Crippen LogP contribution in [0.25, 0.3) is 10.2 Å². The highest BCUT2D eigenvalue weighted by Crippen LogP contribution is 2.48. The molecule has 0 spiro atoms. The number of para-hydroxylation sites is 1. The third-order valence-electron chi connectivity index (χ3n) is 4.52. The summed E-state index contributed by atoms with van der Waals surface area (Å²) in [5.74, 6) is 0.367. The highest BCUT2D eigenvalue weighted by Gasteiger charge is 2.48. The van der Waals surface area contributed by atoms with Crippen molar-refractivity contribution in [1.29, 1.82) is 0 Å². The van der Waals surface area contributed by atoms with Crippen LogP contribution in [0, 0.1) is 0 Å². The summed E-state index contributed by atoms with van der Waals surface area (Å²) in [5, 5.41) is 3.41. The van der Waals surface area contributed by atoms with E-state index in [4.69, 9.17) is 0 Å². The van der Waals surface area contributed by atoms with Crippen molar-refractivity contribution in [2.75, 3.05) is 11.1 Å². The average molecular weight is 367 g/mol. The fourth-order valence-corrected chi connectivity index (χ4v) is 5.69. The second-order valence-corrected chi connectivity index (χ2v) is 8.12. The summed E-state index contributed by atoms with van der Waals surface area (Å²) in [7, 11) is 0. The number of benzene rings is 2. The number of carbonyl (C=O) groups excluding carboxylic acids is 2. The lowest BCUT2D eigenvalue weighted by Crippen LogP contribution is -2.42. The molecule has 7 heteroatoms. The number of nitrogens with zero attached hydrogens (tertiary/aromatic N) is 2. The van der Waals surface area contributed by atoms with E-state index in [-0.39, 0.29) is 17.2 Å². The normalized spacial score (nSPS) is 21.4. The summed E-state index contributed by atoms with van der Waals surface area (Å²) in [6.45, 7) is 0. The number of carbonyl (C=O) groups is 2. The molecule has 0 bridgehead atoms. The Bertz CT molecular complexity index is 983. The molecular formula is C18H13N3O2S2. The third-order valence-corrected chi connectivity index (χ3v) is 6.78. The zero-order chi connectivity index (χ0) is 17.0. The molecule has 5 nitrogen and oxygen atoms in total. The van der Waals surface area contributed by atoms with Crippen molar-refractivity contribution in [3.8, 4) is 0 Å². The van der Waals surface area contributed by atoms with Gasteiger partial charge in [-0.2, -0.15) is 0 Å². The first-order valence-electron chi connectivity index (χ1n) is 7.92. The highest BCUT2D eigenvalue weighted by molar-refractivity contribution is 7.99. The maximum Gasteiger partial charge on any atom is 0.256 e. The van der Waals surface area contributed by atoms with E-state index < -0.39 is 6.04 Å². The standard InChI is InChI=1S/C18H13N3O2S2/c22-15(20-18-19-12-7-3-4-8-14(12)25-18)13-9-24-17-11-6-2-1-5-10(11)16(23)21(13)17/h1-8,13,17H,9H2,(H,19,20,22). The number of aromatic nitrogens is 1. The van der Waals surface area contributed by atoms with E-state index in [2.05, 4.69) is 10.3 Å². The van der Waals surface area contributed by atoms with Crippen LogP contribution in [0.1, 0.15) is 21.3 Å². The van der Waals surface area contributed by atoms with E-state index in [9.17, 15) is 9.59 Å².